The van der Waals surface area contributed by atoms with E-state index in [1.54, 1.807) is 18.2 Å². The molecule has 2 rings (SSSR count). The Morgan fingerprint density at radius 3 is 2.44 bits per heavy atom. The first kappa shape index (κ1) is 10.9. The Labute approximate surface area is 91.9 Å². The predicted molar refractivity (Wildman–Crippen MR) is 58.0 cm³/mol. The molecule has 2 aromatic rings. The molecule has 16 heavy (non-hydrogen) atoms. The van der Waals surface area contributed by atoms with Gasteiger partial charge in [-0.05, 0) is 23.6 Å². The molecule has 0 aliphatic heterocycles. The average molecular weight is 240 g/mol. The topological polar surface area (TPSA) is 102 Å². The van der Waals surface area contributed by atoms with Crippen LogP contribution in [0.3, 0.4) is 0 Å². The van der Waals surface area contributed by atoms with Gasteiger partial charge in [-0.3, -0.25) is 4.55 Å². The Bertz CT molecular complexity index is 664. The molecule has 0 unspecified atom stereocenters. The molecule has 0 amide bonds. The molecule has 0 heterocycles. The third-order valence-electron chi connectivity index (χ3n) is 2.27. The highest BCUT2D eigenvalue weighted by atomic mass is 32.2. The van der Waals surface area contributed by atoms with Crippen molar-refractivity contribution in [2.75, 3.05) is 0 Å². The molecule has 0 aliphatic carbocycles. The molecule has 0 spiro atoms. The molecule has 0 atom stereocenters. The number of aromatic hydroxyl groups is 1. The lowest BCUT2D eigenvalue weighted by molar-refractivity contribution is -0.254. The summed E-state index contributed by atoms with van der Waals surface area (Å²) in [5.41, 5.74) is 4.39. The SMILES string of the molecule is [NH3+]c1ccc2c(O)cc(S(=O)(=O)O)cc2c1. The number of fused-ring (bicyclic) bond motifs is 1. The fourth-order valence-corrected chi connectivity index (χ4v) is 2.06. The third kappa shape index (κ3) is 1.85. The number of phenols is 1. The number of rotatable bonds is 1. The van der Waals surface area contributed by atoms with Crippen LogP contribution in [0.15, 0.2) is 35.2 Å². The second-order valence-corrected chi connectivity index (χ2v) is 4.89. The minimum Gasteiger partial charge on any atom is -0.507 e. The summed E-state index contributed by atoms with van der Waals surface area (Å²) in [7, 11) is -4.31. The van der Waals surface area contributed by atoms with E-state index in [0.29, 0.717) is 16.5 Å². The molecule has 0 bridgehead atoms. The van der Waals surface area contributed by atoms with Gasteiger partial charge in [0.1, 0.15) is 11.4 Å². The van der Waals surface area contributed by atoms with E-state index >= 15 is 0 Å². The van der Waals surface area contributed by atoms with E-state index in [2.05, 4.69) is 5.73 Å². The maximum atomic E-state index is 10.9. The van der Waals surface area contributed by atoms with Crippen LogP contribution in [0.4, 0.5) is 5.69 Å². The second kappa shape index (κ2) is 3.44. The van der Waals surface area contributed by atoms with Crippen LogP contribution in [0, 0.1) is 0 Å². The number of quaternary nitrogens is 1. The summed E-state index contributed by atoms with van der Waals surface area (Å²) in [5.74, 6) is -0.190. The minimum atomic E-state index is -4.31. The number of benzene rings is 2. The molecule has 0 saturated carbocycles. The lowest BCUT2D eigenvalue weighted by Crippen LogP contribution is -2.39. The van der Waals surface area contributed by atoms with Crippen molar-refractivity contribution in [2.24, 2.45) is 0 Å². The van der Waals surface area contributed by atoms with Gasteiger partial charge in [0.05, 0.1) is 4.90 Å². The molecule has 0 radical (unpaired) electrons. The summed E-state index contributed by atoms with van der Waals surface area (Å²) in [5, 5.41) is 10.6. The van der Waals surface area contributed by atoms with Gasteiger partial charge in [-0.25, -0.2) is 0 Å². The number of hydrogen-bond donors (Lipinski definition) is 3. The normalized spacial score (nSPS) is 11.9. The van der Waals surface area contributed by atoms with E-state index in [-0.39, 0.29) is 10.6 Å². The van der Waals surface area contributed by atoms with E-state index in [1.807, 2.05) is 0 Å². The van der Waals surface area contributed by atoms with Gasteiger partial charge in [0.2, 0.25) is 0 Å². The predicted octanol–water partition coefficient (Wildman–Crippen LogP) is 0.665. The van der Waals surface area contributed by atoms with Gasteiger partial charge in [0.25, 0.3) is 10.1 Å². The average Bonchev–Trinajstić information content (AvgIpc) is 2.15. The molecule has 2 aromatic carbocycles. The van der Waals surface area contributed by atoms with Crippen molar-refractivity contribution in [3.8, 4) is 5.75 Å². The summed E-state index contributed by atoms with van der Waals surface area (Å²) in [6.45, 7) is 0. The fraction of sp³-hybridized carbons (Fsp3) is 0. The van der Waals surface area contributed by atoms with Crippen LogP contribution < -0.4 is 5.73 Å². The molecule has 6 heteroatoms. The Kier molecular flexibility index (Phi) is 2.34. The van der Waals surface area contributed by atoms with Crippen LogP contribution >= 0.6 is 0 Å². The van der Waals surface area contributed by atoms with Gasteiger partial charge >= 0.3 is 0 Å². The highest BCUT2D eigenvalue weighted by Gasteiger charge is 2.13. The van der Waals surface area contributed by atoms with E-state index in [9.17, 15) is 13.5 Å². The lowest BCUT2D eigenvalue weighted by Gasteiger charge is -2.03. The molecular weight excluding hydrogens is 230 g/mol. The first-order valence-electron chi connectivity index (χ1n) is 4.44. The Morgan fingerprint density at radius 2 is 1.81 bits per heavy atom. The van der Waals surface area contributed by atoms with Crippen molar-refractivity contribution < 1.29 is 23.8 Å². The standard InChI is InChI=1S/C10H9NO4S/c11-7-1-2-9-6(3-7)4-8(5-10(9)12)16(13,14)15/h1-5,12H,11H2,(H,13,14,15)/p+1. The quantitative estimate of drug-likeness (QED) is 0.637. The van der Waals surface area contributed by atoms with E-state index < -0.39 is 10.1 Å². The van der Waals surface area contributed by atoms with Crippen LogP contribution in [0.1, 0.15) is 0 Å². The van der Waals surface area contributed by atoms with Crippen LogP contribution in [-0.4, -0.2) is 18.1 Å². The van der Waals surface area contributed by atoms with Crippen molar-refractivity contribution in [3.05, 3.63) is 30.3 Å². The molecule has 84 valence electrons. The van der Waals surface area contributed by atoms with Crippen LogP contribution in [0.5, 0.6) is 5.75 Å². The summed E-state index contributed by atoms with van der Waals surface area (Å²) in [4.78, 5) is -0.330. The first-order chi connectivity index (χ1) is 7.38. The summed E-state index contributed by atoms with van der Waals surface area (Å²) in [6, 6.07) is 7.28. The number of phenolic OH excluding ortho intramolecular Hbond substituents is 1. The number of hydrogen-bond acceptors (Lipinski definition) is 3. The molecule has 0 aliphatic rings. The van der Waals surface area contributed by atoms with E-state index in [4.69, 9.17) is 4.55 Å². The maximum absolute atomic E-state index is 10.9. The zero-order valence-electron chi connectivity index (χ0n) is 8.21. The Morgan fingerprint density at radius 1 is 1.12 bits per heavy atom. The fourth-order valence-electron chi connectivity index (χ4n) is 1.52. The smallest absolute Gasteiger partial charge is 0.294 e. The second-order valence-electron chi connectivity index (χ2n) is 3.47. The molecule has 5 nitrogen and oxygen atoms in total. The van der Waals surface area contributed by atoms with Crippen LogP contribution in [0.25, 0.3) is 10.8 Å². The van der Waals surface area contributed by atoms with E-state index in [0.717, 1.165) is 6.07 Å². The van der Waals surface area contributed by atoms with Gasteiger partial charge in [-0.15, -0.1) is 0 Å². The van der Waals surface area contributed by atoms with Crippen molar-refractivity contribution >= 4 is 26.6 Å². The highest BCUT2D eigenvalue weighted by molar-refractivity contribution is 7.85. The third-order valence-corrected chi connectivity index (χ3v) is 3.10. The minimum absolute atomic E-state index is 0.190. The van der Waals surface area contributed by atoms with Crippen LogP contribution in [-0.2, 0) is 10.1 Å². The molecule has 0 fully saturated rings. The van der Waals surface area contributed by atoms with Crippen molar-refractivity contribution in [1.82, 2.24) is 0 Å². The van der Waals surface area contributed by atoms with Crippen molar-refractivity contribution in [2.45, 2.75) is 4.90 Å². The summed E-state index contributed by atoms with van der Waals surface area (Å²) in [6.07, 6.45) is 0. The maximum Gasteiger partial charge on any atom is 0.294 e. The molecule has 0 aromatic heterocycles. The van der Waals surface area contributed by atoms with Gasteiger partial charge in [-0.2, -0.15) is 8.42 Å². The van der Waals surface area contributed by atoms with Crippen molar-refractivity contribution in [1.29, 1.82) is 0 Å². The van der Waals surface area contributed by atoms with Gasteiger partial charge in [0.15, 0.2) is 0 Å². The van der Waals surface area contributed by atoms with Gasteiger partial charge in [0, 0.05) is 17.5 Å². The van der Waals surface area contributed by atoms with E-state index in [1.165, 1.54) is 6.07 Å². The zero-order chi connectivity index (χ0) is 11.9. The van der Waals surface area contributed by atoms with Gasteiger partial charge < -0.3 is 10.8 Å². The monoisotopic (exact) mass is 240 g/mol. The summed E-state index contributed by atoms with van der Waals surface area (Å²) < 4.78 is 30.8. The lowest BCUT2D eigenvalue weighted by atomic mass is 10.1. The Balaban J connectivity index is 2.85. The molecule has 5 N–H and O–H groups in total. The van der Waals surface area contributed by atoms with Crippen LogP contribution in [0.2, 0.25) is 0 Å². The largest absolute Gasteiger partial charge is 0.507 e. The summed E-state index contributed by atoms with van der Waals surface area (Å²) >= 11 is 0. The van der Waals surface area contributed by atoms with Crippen molar-refractivity contribution in [3.63, 3.8) is 0 Å². The first-order valence-corrected chi connectivity index (χ1v) is 5.88. The zero-order valence-corrected chi connectivity index (χ0v) is 9.03. The molecule has 0 saturated heterocycles. The Hall–Kier alpha value is -1.63. The molecular formula is C10H10NO4S+. The van der Waals surface area contributed by atoms with Gasteiger partial charge in [-0.1, -0.05) is 0 Å². The highest BCUT2D eigenvalue weighted by Crippen LogP contribution is 2.29.